The maximum Gasteiger partial charge on any atom is 0.272 e. The van der Waals surface area contributed by atoms with Gasteiger partial charge >= 0.3 is 0 Å². The Morgan fingerprint density at radius 1 is 1.00 bits per heavy atom. The van der Waals surface area contributed by atoms with Crippen molar-refractivity contribution < 1.29 is 9.59 Å². The van der Waals surface area contributed by atoms with Crippen LogP contribution < -0.4 is 11.2 Å². The molecule has 0 aliphatic carbocycles. The minimum atomic E-state index is -0.390. The van der Waals surface area contributed by atoms with E-state index in [1.807, 2.05) is 68.4 Å². The number of nitrogens with one attached hydrogen (secondary N) is 1. The molecule has 6 nitrogen and oxygen atoms in total. The Hall–Kier alpha value is -4.19. The van der Waals surface area contributed by atoms with Crippen LogP contribution in [-0.4, -0.2) is 28.4 Å². The van der Waals surface area contributed by atoms with E-state index >= 15 is 0 Å². The lowest BCUT2D eigenvalue weighted by molar-refractivity contribution is 0.0595. The molecule has 0 bridgehead atoms. The molecule has 3 aromatic carbocycles. The minimum Gasteiger partial charge on any atom is -0.383 e. The molecule has 32 heavy (non-hydrogen) atoms. The first-order valence-corrected chi connectivity index (χ1v) is 10.4. The molecule has 0 aliphatic rings. The summed E-state index contributed by atoms with van der Waals surface area (Å²) in [5, 5.41) is 2.92. The van der Waals surface area contributed by atoms with Gasteiger partial charge in [-0.05, 0) is 54.6 Å². The molecule has 1 aromatic heterocycles. The van der Waals surface area contributed by atoms with Gasteiger partial charge in [0.15, 0.2) is 0 Å². The monoisotopic (exact) mass is 424 g/mol. The zero-order valence-corrected chi connectivity index (χ0v) is 18.0. The standard InChI is InChI=1S/C26H24N4O2/c1-3-30(29-25(31)20-11-10-19-13-14-28-24(27)23(19)16-20)26(32)21-12-9-17(2)15-22(21)18-7-5-4-6-8-18/h4-16H,3H2,1-2H3,(H2,27,28)(H,29,31). The fraction of sp³-hybridized carbons (Fsp3) is 0.115. The van der Waals surface area contributed by atoms with Crippen LogP contribution in [-0.2, 0) is 0 Å². The second kappa shape index (κ2) is 8.89. The van der Waals surface area contributed by atoms with Crippen molar-refractivity contribution in [2.45, 2.75) is 13.8 Å². The molecule has 0 saturated carbocycles. The number of fused-ring (bicyclic) bond motifs is 1. The van der Waals surface area contributed by atoms with E-state index in [9.17, 15) is 9.59 Å². The van der Waals surface area contributed by atoms with E-state index in [1.54, 1.807) is 24.4 Å². The van der Waals surface area contributed by atoms with Crippen molar-refractivity contribution in [1.82, 2.24) is 15.4 Å². The van der Waals surface area contributed by atoms with Crippen LogP contribution in [0, 0.1) is 6.92 Å². The van der Waals surface area contributed by atoms with Gasteiger partial charge in [0.25, 0.3) is 11.8 Å². The van der Waals surface area contributed by atoms with Gasteiger partial charge in [-0.2, -0.15) is 0 Å². The largest absolute Gasteiger partial charge is 0.383 e. The van der Waals surface area contributed by atoms with Gasteiger partial charge in [-0.25, -0.2) is 9.99 Å². The first kappa shape index (κ1) is 21.1. The second-order valence-electron chi connectivity index (χ2n) is 7.54. The summed E-state index contributed by atoms with van der Waals surface area (Å²) in [6.07, 6.45) is 1.63. The van der Waals surface area contributed by atoms with E-state index in [0.717, 1.165) is 22.1 Å². The van der Waals surface area contributed by atoms with E-state index < -0.39 is 5.91 Å². The average molecular weight is 425 g/mol. The summed E-state index contributed by atoms with van der Waals surface area (Å²) in [6, 6.07) is 22.5. The molecule has 0 spiro atoms. The van der Waals surface area contributed by atoms with Crippen LogP contribution in [0.15, 0.2) is 79.0 Å². The zero-order chi connectivity index (χ0) is 22.7. The van der Waals surface area contributed by atoms with Crippen LogP contribution in [0.1, 0.15) is 33.2 Å². The number of aromatic nitrogens is 1. The predicted octanol–water partition coefficient (Wildman–Crippen LogP) is 4.60. The average Bonchev–Trinajstić information content (AvgIpc) is 2.82. The summed E-state index contributed by atoms with van der Waals surface area (Å²) >= 11 is 0. The Labute approximate surface area is 186 Å². The summed E-state index contributed by atoms with van der Waals surface area (Å²) in [4.78, 5) is 30.4. The maximum atomic E-state index is 13.4. The van der Waals surface area contributed by atoms with Crippen molar-refractivity contribution in [3.05, 3.63) is 95.7 Å². The number of carbonyl (C=O) groups is 2. The van der Waals surface area contributed by atoms with Gasteiger partial charge in [-0.3, -0.25) is 15.0 Å². The Morgan fingerprint density at radius 3 is 2.53 bits per heavy atom. The summed E-state index contributed by atoms with van der Waals surface area (Å²) in [5.74, 6) is -0.312. The van der Waals surface area contributed by atoms with E-state index in [2.05, 4.69) is 10.4 Å². The van der Waals surface area contributed by atoms with Gasteiger partial charge in [-0.1, -0.05) is 54.1 Å². The number of nitrogens with zero attached hydrogens (tertiary/aromatic N) is 2. The van der Waals surface area contributed by atoms with Crippen LogP contribution in [0.5, 0.6) is 0 Å². The number of hydrogen-bond donors (Lipinski definition) is 2. The van der Waals surface area contributed by atoms with Crippen LogP contribution in [0.3, 0.4) is 0 Å². The molecule has 0 saturated heterocycles. The lowest BCUT2D eigenvalue weighted by Crippen LogP contribution is -2.46. The number of amides is 2. The van der Waals surface area contributed by atoms with Crippen molar-refractivity contribution in [2.24, 2.45) is 0 Å². The normalized spacial score (nSPS) is 10.7. The number of rotatable bonds is 4. The summed E-state index contributed by atoms with van der Waals surface area (Å²) < 4.78 is 0. The molecule has 0 atom stereocenters. The lowest BCUT2D eigenvalue weighted by atomic mass is 9.97. The quantitative estimate of drug-likeness (QED) is 0.469. The van der Waals surface area contributed by atoms with Crippen molar-refractivity contribution in [2.75, 3.05) is 12.3 Å². The number of hydrogen-bond acceptors (Lipinski definition) is 4. The number of carbonyl (C=O) groups excluding carboxylic acids is 2. The molecule has 4 aromatic rings. The smallest absolute Gasteiger partial charge is 0.272 e. The second-order valence-corrected chi connectivity index (χ2v) is 7.54. The van der Waals surface area contributed by atoms with Crippen molar-refractivity contribution >= 4 is 28.4 Å². The molecule has 0 unspecified atom stereocenters. The van der Waals surface area contributed by atoms with Crippen molar-refractivity contribution in [3.63, 3.8) is 0 Å². The highest BCUT2D eigenvalue weighted by Gasteiger charge is 2.21. The third-order valence-electron chi connectivity index (χ3n) is 5.35. The van der Waals surface area contributed by atoms with Crippen LogP contribution in [0.2, 0.25) is 0 Å². The SMILES string of the molecule is CCN(NC(=O)c1ccc2ccnc(N)c2c1)C(=O)c1ccc(C)cc1-c1ccccc1. The minimum absolute atomic E-state index is 0.276. The number of nitrogen functional groups attached to an aromatic ring is 1. The van der Waals surface area contributed by atoms with Gasteiger partial charge in [0.2, 0.25) is 0 Å². The highest BCUT2D eigenvalue weighted by molar-refractivity contribution is 6.04. The number of anilines is 1. The molecular weight excluding hydrogens is 400 g/mol. The topological polar surface area (TPSA) is 88.3 Å². The fourth-order valence-electron chi connectivity index (χ4n) is 3.64. The summed E-state index contributed by atoms with van der Waals surface area (Å²) in [6.45, 7) is 4.11. The maximum absolute atomic E-state index is 13.4. The molecule has 4 rings (SSSR count). The van der Waals surface area contributed by atoms with Gasteiger partial charge in [0.05, 0.1) is 0 Å². The number of benzene rings is 3. The summed E-state index contributed by atoms with van der Waals surface area (Å²) in [5.41, 5.74) is 12.4. The molecule has 6 heteroatoms. The molecule has 160 valence electrons. The Balaban J connectivity index is 1.63. The van der Waals surface area contributed by atoms with Crippen molar-refractivity contribution in [1.29, 1.82) is 0 Å². The van der Waals surface area contributed by atoms with E-state index in [-0.39, 0.29) is 5.91 Å². The Bertz CT molecular complexity index is 1300. The Kier molecular flexibility index (Phi) is 5.85. The van der Waals surface area contributed by atoms with E-state index in [0.29, 0.717) is 28.9 Å². The van der Waals surface area contributed by atoms with Gasteiger partial charge in [-0.15, -0.1) is 0 Å². The van der Waals surface area contributed by atoms with E-state index in [4.69, 9.17) is 5.73 Å². The molecule has 1 heterocycles. The zero-order valence-electron chi connectivity index (χ0n) is 18.0. The molecule has 0 fully saturated rings. The third-order valence-corrected chi connectivity index (χ3v) is 5.35. The number of pyridine rings is 1. The third kappa shape index (κ3) is 4.16. The van der Waals surface area contributed by atoms with Crippen LogP contribution in [0.4, 0.5) is 5.82 Å². The van der Waals surface area contributed by atoms with Crippen molar-refractivity contribution in [3.8, 4) is 11.1 Å². The van der Waals surface area contributed by atoms with E-state index in [1.165, 1.54) is 5.01 Å². The highest BCUT2D eigenvalue weighted by Crippen LogP contribution is 2.26. The van der Waals surface area contributed by atoms with Crippen LogP contribution >= 0.6 is 0 Å². The molecule has 2 amide bonds. The first-order valence-electron chi connectivity index (χ1n) is 10.4. The number of aryl methyl sites for hydroxylation is 1. The van der Waals surface area contributed by atoms with Gasteiger partial charge < -0.3 is 5.73 Å². The lowest BCUT2D eigenvalue weighted by Gasteiger charge is -2.23. The fourth-order valence-corrected chi connectivity index (χ4v) is 3.64. The first-order chi connectivity index (χ1) is 15.5. The number of hydrazine groups is 1. The molecule has 3 N–H and O–H groups in total. The number of nitrogens with two attached hydrogens (primary N) is 1. The molecule has 0 radical (unpaired) electrons. The molecular formula is C26H24N4O2. The summed E-state index contributed by atoms with van der Waals surface area (Å²) in [7, 11) is 0. The van der Waals surface area contributed by atoms with Gasteiger partial charge in [0.1, 0.15) is 5.82 Å². The molecule has 0 aliphatic heterocycles. The highest BCUT2D eigenvalue weighted by atomic mass is 16.2. The predicted molar refractivity (Wildman–Crippen MR) is 127 cm³/mol. The van der Waals surface area contributed by atoms with Crippen LogP contribution in [0.25, 0.3) is 21.9 Å². The Morgan fingerprint density at radius 2 is 1.78 bits per heavy atom. The van der Waals surface area contributed by atoms with Gasteiger partial charge in [0, 0.05) is 29.3 Å².